The molecule has 0 spiro atoms. The lowest BCUT2D eigenvalue weighted by Crippen LogP contribution is -2.45. The van der Waals surface area contributed by atoms with Crippen LogP contribution in [0, 0.1) is 0 Å². The Balaban J connectivity index is 1.63. The Hall–Kier alpha value is -3.00. The van der Waals surface area contributed by atoms with Gasteiger partial charge in [0.1, 0.15) is 0 Å². The van der Waals surface area contributed by atoms with Gasteiger partial charge in [0.05, 0.1) is 17.5 Å². The average molecular weight is 397 g/mol. The van der Waals surface area contributed by atoms with Gasteiger partial charge in [0, 0.05) is 13.5 Å². The number of nitrogens with zero attached hydrogens (tertiary/aromatic N) is 2. The predicted molar refractivity (Wildman–Crippen MR) is 107 cm³/mol. The van der Waals surface area contributed by atoms with Crippen molar-refractivity contribution in [2.45, 2.75) is 18.2 Å². The number of benzene rings is 2. The van der Waals surface area contributed by atoms with E-state index in [1.165, 1.54) is 11.8 Å². The van der Waals surface area contributed by atoms with Gasteiger partial charge in [-0.25, -0.2) is 4.99 Å². The number of carbonyl (C=O) groups is 2. The molecule has 2 aliphatic rings. The van der Waals surface area contributed by atoms with E-state index < -0.39 is 5.25 Å². The fraction of sp³-hybridized carbons (Fsp3) is 0.250. The van der Waals surface area contributed by atoms with Gasteiger partial charge in [-0.05, 0) is 29.8 Å². The van der Waals surface area contributed by atoms with Crippen molar-refractivity contribution in [1.82, 2.24) is 10.2 Å². The normalized spacial score (nSPS) is 19.8. The Kier molecular flexibility index (Phi) is 5.21. The molecule has 2 aromatic rings. The molecule has 1 fully saturated rings. The van der Waals surface area contributed by atoms with E-state index in [2.05, 4.69) is 10.3 Å². The Labute approximate surface area is 166 Å². The standard InChI is InChI=1S/C20H19N3O4S/c1-21-19(25)17-10-18(24)23(20(28-17)22-14-5-3-2-4-6-14)11-13-7-8-15-16(9-13)27-12-26-15/h2-9,17H,10-12H2,1H3,(H,21,25). The predicted octanol–water partition coefficient (Wildman–Crippen LogP) is 2.68. The molecule has 2 heterocycles. The molecular weight excluding hydrogens is 378 g/mol. The number of ether oxygens (including phenoxy) is 2. The highest BCUT2D eigenvalue weighted by molar-refractivity contribution is 8.15. The lowest BCUT2D eigenvalue weighted by molar-refractivity contribution is -0.130. The molecule has 2 aliphatic heterocycles. The van der Waals surface area contributed by atoms with Crippen LogP contribution in [0.3, 0.4) is 0 Å². The number of fused-ring (bicyclic) bond motifs is 1. The first-order valence-electron chi connectivity index (χ1n) is 8.85. The lowest BCUT2D eigenvalue weighted by Gasteiger charge is -2.31. The summed E-state index contributed by atoms with van der Waals surface area (Å²) in [6.45, 7) is 0.542. The summed E-state index contributed by atoms with van der Waals surface area (Å²) in [4.78, 5) is 31.2. The smallest absolute Gasteiger partial charge is 0.233 e. The molecular formula is C20H19N3O4S. The van der Waals surface area contributed by atoms with Gasteiger partial charge in [0.25, 0.3) is 0 Å². The molecule has 0 aliphatic carbocycles. The van der Waals surface area contributed by atoms with Crippen LogP contribution in [0.5, 0.6) is 11.5 Å². The molecule has 0 saturated carbocycles. The van der Waals surface area contributed by atoms with Crippen molar-refractivity contribution in [2.24, 2.45) is 4.99 Å². The maximum Gasteiger partial charge on any atom is 0.233 e. The van der Waals surface area contributed by atoms with Crippen LogP contribution in [0.4, 0.5) is 5.69 Å². The first kappa shape index (κ1) is 18.4. The molecule has 0 aromatic heterocycles. The first-order valence-corrected chi connectivity index (χ1v) is 9.73. The second-order valence-corrected chi connectivity index (χ2v) is 7.49. The SMILES string of the molecule is CNC(=O)C1CC(=O)N(Cc2ccc3c(c2)OCO3)C(=Nc2ccccc2)S1. The van der Waals surface area contributed by atoms with Gasteiger partial charge in [-0.2, -0.15) is 0 Å². The van der Waals surface area contributed by atoms with Crippen molar-refractivity contribution in [3.8, 4) is 11.5 Å². The number of amidine groups is 1. The molecule has 2 aromatic carbocycles. The van der Waals surface area contributed by atoms with Crippen LogP contribution in [0.15, 0.2) is 53.5 Å². The zero-order valence-electron chi connectivity index (χ0n) is 15.3. The van der Waals surface area contributed by atoms with E-state index in [4.69, 9.17) is 9.47 Å². The number of rotatable bonds is 4. The Morgan fingerprint density at radius 1 is 1.21 bits per heavy atom. The Bertz CT molecular complexity index is 932. The maximum absolute atomic E-state index is 12.9. The van der Waals surface area contributed by atoms with Crippen molar-refractivity contribution < 1.29 is 19.1 Å². The third-order valence-corrected chi connectivity index (χ3v) is 5.62. The minimum absolute atomic E-state index is 0.128. The zero-order valence-corrected chi connectivity index (χ0v) is 16.1. The summed E-state index contributed by atoms with van der Waals surface area (Å²) < 4.78 is 10.8. The largest absolute Gasteiger partial charge is 0.454 e. The monoisotopic (exact) mass is 397 g/mol. The fourth-order valence-electron chi connectivity index (χ4n) is 2.99. The first-order chi connectivity index (χ1) is 13.6. The van der Waals surface area contributed by atoms with E-state index in [0.29, 0.717) is 23.2 Å². The third-order valence-electron chi connectivity index (χ3n) is 4.44. The van der Waals surface area contributed by atoms with E-state index >= 15 is 0 Å². The van der Waals surface area contributed by atoms with Crippen molar-refractivity contribution in [3.05, 3.63) is 54.1 Å². The molecule has 144 valence electrons. The number of aliphatic imine (C=N–C) groups is 1. The van der Waals surface area contributed by atoms with Crippen LogP contribution < -0.4 is 14.8 Å². The number of carbonyl (C=O) groups excluding carboxylic acids is 2. The number of amides is 2. The quantitative estimate of drug-likeness (QED) is 0.858. The highest BCUT2D eigenvalue weighted by atomic mass is 32.2. The molecule has 2 amide bonds. The van der Waals surface area contributed by atoms with Crippen molar-refractivity contribution in [3.63, 3.8) is 0 Å². The number of para-hydroxylation sites is 1. The lowest BCUT2D eigenvalue weighted by atomic mass is 10.1. The van der Waals surface area contributed by atoms with Crippen LogP contribution in [-0.2, 0) is 16.1 Å². The second kappa shape index (κ2) is 7.93. The van der Waals surface area contributed by atoms with Crippen LogP contribution >= 0.6 is 11.8 Å². The zero-order chi connectivity index (χ0) is 19.5. The molecule has 28 heavy (non-hydrogen) atoms. The molecule has 1 atom stereocenters. The van der Waals surface area contributed by atoms with Gasteiger partial charge in [0.2, 0.25) is 18.6 Å². The minimum Gasteiger partial charge on any atom is -0.454 e. The van der Waals surface area contributed by atoms with Crippen LogP contribution in [0.2, 0.25) is 0 Å². The molecule has 1 saturated heterocycles. The molecule has 7 nitrogen and oxygen atoms in total. The number of hydrogen-bond donors (Lipinski definition) is 1. The topological polar surface area (TPSA) is 80.2 Å². The van der Waals surface area contributed by atoms with Crippen LogP contribution in [0.25, 0.3) is 0 Å². The Morgan fingerprint density at radius 2 is 2.00 bits per heavy atom. The van der Waals surface area contributed by atoms with Gasteiger partial charge in [-0.1, -0.05) is 36.0 Å². The van der Waals surface area contributed by atoms with Gasteiger partial charge < -0.3 is 14.8 Å². The maximum atomic E-state index is 12.9. The summed E-state index contributed by atoms with van der Waals surface area (Å²) in [6, 6.07) is 15.0. The number of nitrogens with one attached hydrogen (secondary N) is 1. The summed E-state index contributed by atoms with van der Waals surface area (Å²) in [7, 11) is 1.57. The summed E-state index contributed by atoms with van der Waals surface area (Å²) >= 11 is 1.30. The van der Waals surface area contributed by atoms with Gasteiger partial charge in [-0.3, -0.25) is 14.5 Å². The van der Waals surface area contributed by atoms with Crippen molar-refractivity contribution >= 4 is 34.4 Å². The minimum atomic E-state index is -0.493. The van der Waals surface area contributed by atoms with E-state index in [9.17, 15) is 9.59 Å². The molecule has 1 N–H and O–H groups in total. The van der Waals surface area contributed by atoms with Crippen molar-refractivity contribution in [2.75, 3.05) is 13.8 Å². The molecule has 0 bridgehead atoms. The summed E-state index contributed by atoms with van der Waals surface area (Å²) in [5.74, 6) is 1.04. The third kappa shape index (κ3) is 3.82. The second-order valence-electron chi connectivity index (χ2n) is 6.32. The average Bonchev–Trinajstić information content (AvgIpc) is 3.18. The van der Waals surface area contributed by atoms with E-state index in [1.54, 1.807) is 11.9 Å². The molecule has 4 rings (SSSR count). The van der Waals surface area contributed by atoms with Gasteiger partial charge >= 0.3 is 0 Å². The number of thioether (sulfide) groups is 1. The Morgan fingerprint density at radius 3 is 2.79 bits per heavy atom. The van der Waals surface area contributed by atoms with Crippen LogP contribution in [-0.4, -0.2) is 41.0 Å². The highest BCUT2D eigenvalue weighted by Crippen LogP contribution is 2.34. The summed E-state index contributed by atoms with van der Waals surface area (Å²) in [6.07, 6.45) is 0.128. The molecule has 8 heteroatoms. The summed E-state index contributed by atoms with van der Waals surface area (Å²) in [5, 5.41) is 2.63. The molecule has 1 unspecified atom stereocenters. The summed E-state index contributed by atoms with van der Waals surface area (Å²) in [5.41, 5.74) is 1.63. The number of hydrogen-bond acceptors (Lipinski definition) is 6. The van der Waals surface area contributed by atoms with Crippen LogP contribution in [0.1, 0.15) is 12.0 Å². The van der Waals surface area contributed by atoms with Gasteiger partial charge in [0.15, 0.2) is 16.7 Å². The van der Waals surface area contributed by atoms with Gasteiger partial charge in [-0.15, -0.1) is 0 Å². The highest BCUT2D eigenvalue weighted by Gasteiger charge is 2.35. The van der Waals surface area contributed by atoms with Crippen molar-refractivity contribution in [1.29, 1.82) is 0 Å². The van der Waals surface area contributed by atoms with E-state index in [-0.39, 0.29) is 25.0 Å². The molecule has 0 radical (unpaired) electrons. The fourth-order valence-corrected chi connectivity index (χ4v) is 4.15. The van der Waals surface area contributed by atoms with E-state index in [1.807, 2.05) is 48.5 Å². The van der Waals surface area contributed by atoms with E-state index in [0.717, 1.165) is 11.3 Å².